The number of halogens is 1. The van der Waals surface area contributed by atoms with Gasteiger partial charge < -0.3 is 10.2 Å². The van der Waals surface area contributed by atoms with Gasteiger partial charge in [-0.3, -0.25) is 14.4 Å². The number of allylic oxidation sites excluding steroid dienone is 1. The van der Waals surface area contributed by atoms with Gasteiger partial charge >= 0.3 is 0 Å². The molecule has 3 amide bonds. The summed E-state index contributed by atoms with van der Waals surface area (Å²) in [6.07, 6.45) is 7.95. The zero-order chi connectivity index (χ0) is 24.0. The highest BCUT2D eigenvalue weighted by Gasteiger charge is 2.64. The molecule has 1 saturated heterocycles. The molecular weight excluding hydrogens is 449 g/mol. The predicted octanol–water partition coefficient (Wildman–Crippen LogP) is 2.16. The average molecular weight is 484 g/mol. The Bertz CT molecular complexity index is 963. The number of rotatable bonds is 3. The van der Waals surface area contributed by atoms with Crippen LogP contribution in [0.4, 0.5) is 4.39 Å². The van der Waals surface area contributed by atoms with Crippen LogP contribution >= 0.6 is 0 Å². The van der Waals surface area contributed by atoms with Crippen LogP contribution in [-0.2, 0) is 24.4 Å². The number of fused-ring (bicyclic) bond motifs is 2. The van der Waals surface area contributed by atoms with E-state index in [0.29, 0.717) is 31.7 Å². The van der Waals surface area contributed by atoms with Crippen molar-refractivity contribution in [2.45, 2.75) is 88.2 Å². The van der Waals surface area contributed by atoms with Crippen molar-refractivity contribution in [1.82, 2.24) is 14.9 Å². The fourth-order valence-corrected chi connectivity index (χ4v) is 6.49. The van der Waals surface area contributed by atoms with Crippen molar-refractivity contribution in [2.24, 2.45) is 17.8 Å². The third-order valence-corrected chi connectivity index (χ3v) is 9.34. The van der Waals surface area contributed by atoms with Crippen LogP contribution in [0.2, 0.25) is 0 Å². The summed E-state index contributed by atoms with van der Waals surface area (Å²) in [5.74, 6) is -1.18. The maximum atomic E-state index is 14.2. The molecule has 0 aromatic heterocycles. The second kappa shape index (κ2) is 8.67. The molecule has 0 aromatic carbocycles. The molecule has 0 aromatic rings. The molecule has 2 saturated carbocycles. The fraction of sp³-hybridized carbons (Fsp3) is 0.783. The molecule has 10 heteroatoms. The number of alkyl halides is 1. The van der Waals surface area contributed by atoms with E-state index in [1.807, 2.05) is 16.9 Å². The van der Waals surface area contributed by atoms with Gasteiger partial charge in [-0.25, -0.2) is 17.5 Å². The summed E-state index contributed by atoms with van der Waals surface area (Å²) in [6.45, 7) is 4.70. The second-order valence-corrected chi connectivity index (χ2v) is 12.4. The van der Waals surface area contributed by atoms with Gasteiger partial charge in [0.1, 0.15) is 11.6 Å². The Labute approximate surface area is 194 Å². The molecule has 2 N–H and O–H groups in total. The Morgan fingerprint density at radius 1 is 1.21 bits per heavy atom. The summed E-state index contributed by atoms with van der Waals surface area (Å²) in [7, 11) is -4.48. The monoisotopic (exact) mass is 483 g/mol. The molecule has 0 unspecified atom stereocenters. The summed E-state index contributed by atoms with van der Waals surface area (Å²) in [5, 5.41) is 0.348. The number of carbonyl (C=O) groups excluding carboxylic acids is 3. The van der Waals surface area contributed by atoms with Gasteiger partial charge in [-0.1, -0.05) is 26.0 Å². The maximum Gasteiger partial charge on any atom is 0.270 e. The van der Waals surface area contributed by atoms with E-state index in [9.17, 15) is 27.2 Å². The van der Waals surface area contributed by atoms with Crippen molar-refractivity contribution in [1.29, 1.82) is 0 Å². The van der Waals surface area contributed by atoms with E-state index in [1.54, 1.807) is 4.90 Å². The highest BCUT2D eigenvalue weighted by molar-refractivity contribution is 7.91. The van der Waals surface area contributed by atoms with Crippen LogP contribution in [0.25, 0.3) is 0 Å². The van der Waals surface area contributed by atoms with Crippen LogP contribution in [0.1, 0.15) is 71.6 Å². The molecule has 33 heavy (non-hydrogen) atoms. The average Bonchev–Trinajstić information content (AvgIpc) is 3.57. The van der Waals surface area contributed by atoms with Crippen LogP contribution in [0, 0.1) is 17.8 Å². The second-order valence-electron chi connectivity index (χ2n) is 10.5. The first-order valence-electron chi connectivity index (χ1n) is 12.0. The molecule has 0 spiro atoms. The molecular formula is C23H34FN3O5S. The first kappa shape index (κ1) is 24.2. The molecule has 5 atom stereocenters. The van der Waals surface area contributed by atoms with E-state index in [0.717, 1.165) is 19.3 Å². The van der Waals surface area contributed by atoms with E-state index < -0.39 is 38.4 Å². The molecule has 2 heterocycles. The molecule has 8 nitrogen and oxygen atoms in total. The van der Waals surface area contributed by atoms with Crippen molar-refractivity contribution < 1.29 is 27.2 Å². The van der Waals surface area contributed by atoms with Crippen molar-refractivity contribution in [3.05, 3.63) is 12.2 Å². The molecule has 3 fully saturated rings. The Kier molecular flexibility index (Phi) is 6.35. The molecule has 4 aliphatic rings. The van der Waals surface area contributed by atoms with Crippen molar-refractivity contribution in [3.8, 4) is 0 Å². The number of nitrogens with one attached hydrogen (secondary N) is 2. The van der Waals surface area contributed by atoms with Crippen LogP contribution in [0.5, 0.6) is 0 Å². The Balaban J connectivity index is 1.57. The van der Waals surface area contributed by atoms with Crippen LogP contribution < -0.4 is 10.0 Å². The van der Waals surface area contributed by atoms with Crippen molar-refractivity contribution in [2.75, 3.05) is 6.54 Å². The smallest absolute Gasteiger partial charge is 0.270 e. The van der Waals surface area contributed by atoms with Crippen molar-refractivity contribution in [3.63, 3.8) is 0 Å². The minimum atomic E-state index is -4.48. The lowest BCUT2D eigenvalue weighted by Crippen LogP contribution is -2.57. The molecule has 2 aliphatic heterocycles. The third-order valence-electron chi connectivity index (χ3n) is 7.52. The summed E-state index contributed by atoms with van der Waals surface area (Å²) in [6, 6.07) is -0.685. The van der Waals surface area contributed by atoms with Crippen LogP contribution in [0.15, 0.2) is 12.2 Å². The predicted molar refractivity (Wildman–Crippen MR) is 120 cm³/mol. The third kappa shape index (κ3) is 4.81. The molecule has 0 radical (unpaired) electrons. The Hall–Kier alpha value is -1.97. The highest BCUT2D eigenvalue weighted by atomic mass is 32.2. The van der Waals surface area contributed by atoms with E-state index in [1.165, 1.54) is 0 Å². The van der Waals surface area contributed by atoms with Crippen molar-refractivity contribution >= 4 is 27.7 Å². The van der Waals surface area contributed by atoms with Gasteiger partial charge in [-0.2, -0.15) is 0 Å². The standard InChI is InChI=1S/C23H34FN3O5S/c1-15-6-3-4-7-17-14-23(17,21(30)26-33(31,32)22(24)9-10-22)25-20(29)18-8-5-11-27(18)19(28)13-16(2)12-15/h4,7,15-18H,3,5-6,8-14H2,1-2H3,(H,25,29)(H,26,30)/b7-4-/t15-,16-,17-,18+,23-/m1/s1. The minimum absolute atomic E-state index is 0.0677. The van der Waals surface area contributed by atoms with Gasteiger partial charge in [0, 0.05) is 31.7 Å². The Morgan fingerprint density at radius 2 is 1.94 bits per heavy atom. The van der Waals surface area contributed by atoms with Gasteiger partial charge in [-0.05, 0) is 50.4 Å². The van der Waals surface area contributed by atoms with Gasteiger partial charge in [0.05, 0.1) is 0 Å². The first-order valence-corrected chi connectivity index (χ1v) is 13.5. The lowest BCUT2D eigenvalue weighted by Gasteiger charge is -2.28. The summed E-state index contributed by atoms with van der Waals surface area (Å²) in [5.41, 5.74) is -1.44. The zero-order valence-electron chi connectivity index (χ0n) is 19.3. The lowest BCUT2D eigenvalue weighted by atomic mass is 9.91. The van der Waals surface area contributed by atoms with E-state index >= 15 is 0 Å². The lowest BCUT2D eigenvalue weighted by molar-refractivity contribution is -0.140. The van der Waals surface area contributed by atoms with Crippen LogP contribution in [-0.4, -0.2) is 54.2 Å². The van der Waals surface area contributed by atoms with E-state index in [4.69, 9.17) is 0 Å². The minimum Gasteiger partial charge on any atom is -0.339 e. The molecule has 2 aliphatic carbocycles. The fourth-order valence-electron chi connectivity index (χ4n) is 5.24. The van der Waals surface area contributed by atoms with Gasteiger partial charge in [-0.15, -0.1) is 0 Å². The number of amides is 3. The Morgan fingerprint density at radius 3 is 2.64 bits per heavy atom. The van der Waals surface area contributed by atoms with Crippen LogP contribution in [0.3, 0.4) is 0 Å². The molecule has 4 rings (SSSR count). The number of carbonyl (C=O) groups is 3. The topological polar surface area (TPSA) is 113 Å². The summed E-state index contributed by atoms with van der Waals surface area (Å²) >= 11 is 0. The molecule has 0 bridgehead atoms. The van der Waals surface area contributed by atoms with Gasteiger partial charge in [0.15, 0.2) is 0 Å². The normalized spacial score (nSPS) is 37.6. The SMILES string of the molecule is C[C@@H]1CC/C=C\[C@@H]2C[C@@]2(C(=O)NS(=O)(=O)C2(F)CC2)NC(=O)[C@@H]2CCCN2C(=O)C[C@H](C)C1. The number of sulfonamides is 1. The van der Waals surface area contributed by atoms with E-state index in [2.05, 4.69) is 19.2 Å². The quantitative estimate of drug-likeness (QED) is 0.598. The van der Waals surface area contributed by atoms with Gasteiger partial charge in [0.2, 0.25) is 16.8 Å². The maximum absolute atomic E-state index is 14.2. The zero-order valence-corrected chi connectivity index (χ0v) is 20.1. The molecule has 184 valence electrons. The highest BCUT2D eigenvalue weighted by Crippen LogP contribution is 2.48. The summed E-state index contributed by atoms with van der Waals surface area (Å²) in [4.78, 5) is 40.8. The van der Waals surface area contributed by atoms with E-state index in [-0.39, 0.29) is 37.0 Å². The number of hydrogen-bond acceptors (Lipinski definition) is 5. The van der Waals surface area contributed by atoms with Gasteiger partial charge in [0.25, 0.3) is 15.9 Å². The summed E-state index contributed by atoms with van der Waals surface area (Å²) < 4.78 is 40.8. The largest absolute Gasteiger partial charge is 0.339 e. The first-order chi connectivity index (χ1) is 15.5. The number of nitrogens with zero attached hydrogens (tertiary/aromatic N) is 1. The number of hydrogen-bond donors (Lipinski definition) is 2.